The average Bonchev–Trinajstić information content (AvgIpc) is 2.76. The minimum absolute atomic E-state index is 0.00132. The fourth-order valence-electron chi connectivity index (χ4n) is 3.58. The molecule has 0 bridgehead atoms. The maximum atomic E-state index is 13.3. The van der Waals surface area contributed by atoms with Gasteiger partial charge in [0.1, 0.15) is 5.78 Å². The zero-order chi connectivity index (χ0) is 24.8. The van der Waals surface area contributed by atoms with Crippen molar-refractivity contribution < 1.29 is 4.79 Å². The Morgan fingerprint density at radius 3 is 2.38 bits per heavy atom. The number of hydrogen-bond donors (Lipinski definition) is 1. The minimum atomic E-state index is -0.675. The smallest absolute Gasteiger partial charge is 0.325 e. The number of carbonyl (C=O) groups excluding carboxylic acids is 1. The van der Waals surface area contributed by atoms with E-state index in [1.807, 2.05) is 12.1 Å². The molecule has 0 spiro atoms. The first kappa shape index (κ1) is 25.7. The van der Waals surface area contributed by atoms with Gasteiger partial charge in [0.05, 0.1) is 6.54 Å². The minimum Gasteiger partial charge on any atom is -0.325 e. The summed E-state index contributed by atoms with van der Waals surface area (Å²) in [6, 6.07) is 12.6. The molecule has 0 aliphatic rings. The lowest BCUT2D eigenvalue weighted by Gasteiger charge is -2.16. The second-order valence-electron chi connectivity index (χ2n) is 8.70. The first-order chi connectivity index (χ1) is 16.1. The van der Waals surface area contributed by atoms with Crippen molar-refractivity contribution >= 4 is 40.6 Å². The number of aromatic nitrogens is 3. The van der Waals surface area contributed by atoms with Crippen LogP contribution in [0.3, 0.4) is 0 Å². The van der Waals surface area contributed by atoms with Gasteiger partial charge in [-0.1, -0.05) is 55.2 Å². The lowest BCUT2D eigenvalue weighted by atomic mass is 10.0. The molecular formula is C25H28Cl2N4O3. The van der Waals surface area contributed by atoms with E-state index in [-0.39, 0.29) is 31.2 Å². The summed E-state index contributed by atoms with van der Waals surface area (Å²) in [6.07, 6.45) is 1.51. The van der Waals surface area contributed by atoms with Crippen molar-refractivity contribution in [1.29, 1.82) is 0 Å². The highest BCUT2D eigenvalue weighted by Gasteiger charge is 2.15. The molecule has 1 heterocycles. The lowest BCUT2D eigenvalue weighted by molar-refractivity contribution is -0.117. The van der Waals surface area contributed by atoms with E-state index in [2.05, 4.69) is 24.1 Å². The topological polar surface area (TPSA) is 86.0 Å². The number of Topliss-reactive ketones (excluding diaryl/α,β-unsaturated/α-hetero) is 1. The quantitative estimate of drug-likeness (QED) is 0.418. The van der Waals surface area contributed by atoms with Crippen molar-refractivity contribution in [3.8, 4) is 0 Å². The van der Waals surface area contributed by atoms with Gasteiger partial charge in [-0.25, -0.2) is 14.2 Å². The SMILES string of the molecule is CC(=O)CCCn1c(=O)nc(Nc2ccc(CC(C)C)c(Cl)c2)n(Cc2ccc(Cl)cc2)c1=O. The number of benzene rings is 2. The van der Waals surface area contributed by atoms with Gasteiger partial charge in [0.15, 0.2) is 0 Å². The molecule has 34 heavy (non-hydrogen) atoms. The van der Waals surface area contributed by atoms with E-state index in [0.717, 1.165) is 22.1 Å². The van der Waals surface area contributed by atoms with Crippen LogP contribution in [0.1, 0.15) is 44.7 Å². The summed E-state index contributed by atoms with van der Waals surface area (Å²) in [5.74, 6) is 0.567. The Morgan fingerprint density at radius 1 is 1.06 bits per heavy atom. The fraction of sp³-hybridized carbons (Fsp3) is 0.360. The van der Waals surface area contributed by atoms with Crippen molar-refractivity contribution in [2.45, 2.75) is 53.1 Å². The summed E-state index contributed by atoms with van der Waals surface area (Å²) in [4.78, 5) is 41.4. The predicted molar refractivity (Wildman–Crippen MR) is 137 cm³/mol. The molecule has 9 heteroatoms. The Bertz CT molecular complexity index is 1280. The number of hydrogen-bond acceptors (Lipinski definition) is 5. The molecule has 0 aliphatic carbocycles. The third-order valence-corrected chi connectivity index (χ3v) is 5.86. The van der Waals surface area contributed by atoms with Crippen LogP contribution in [0.15, 0.2) is 52.1 Å². The summed E-state index contributed by atoms with van der Waals surface area (Å²) in [6.45, 7) is 6.00. The monoisotopic (exact) mass is 502 g/mol. The van der Waals surface area contributed by atoms with Crippen molar-refractivity contribution in [3.63, 3.8) is 0 Å². The molecule has 0 aliphatic heterocycles. The molecular weight excluding hydrogens is 475 g/mol. The molecule has 0 amide bonds. The molecule has 0 unspecified atom stereocenters. The number of carbonyl (C=O) groups is 1. The first-order valence-corrected chi connectivity index (χ1v) is 11.9. The van der Waals surface area contributed by atoms with Gasteiger partial charge in [0.2, 0.25) is 5.95 Å². The van der Waals surface area contributed by atoms with Crippen molar-refractivity contribution in [2.75, 3.05) is 5.32 Å². The molecule has 2 aromatic carbocycles. The molecule has 0 radical (unpaired) electrons. The third kappa shape index (κ3) is 6.81. The molecule has 0 saturated carbocycles. The summed E-state index contributed by atoms with van der Waals surface area (Å²) in [5.41, 5.74) is 1.27. The highest BCUT2D eigenvalue weighted by atomic mass is 35.5. The highest BCUT2D eigenvalue weighted by molar-refractivity contribution is 6.31. The standard InChI is InChI=1S/C25H28Cl2N4O3/c1-16(2)13-19-8-11-21(14-22(19)27)28-23-29-24(33)30(12-4-5-17(3)32)25(34)31(23)15-18-6-9-20(26)10-7-18/h6-11,14,16H,4-5,12-13,15H2,1-3H3,(H,28,29,33). The summed E-state index contributed by atoms with van der Waals surface area (Å²) >= 11 is 12.5. The van der Waals surface area contributed by atoms with Crippen LogP contribution in [0.5, 0.6) is 0 Å². The molecule has 0 atom stereocenters. The first-order valence-electron chi connectivity index (χ1n) is 11.1. The van der Waals surface area contributed by atoms with Crippen molar-refractivity contribution in [2.24, 2.45) is 5.92 Å². The number of nitrogens with zero attached hydrogens (tertiary/aromatic N) is 3. The van der Waals surface area contributed by atoms with Crippen LogP contribution in [0, 0.1) is 5.92 Å². The van der Waals surface area contributed by atoms with Gasteiger partial charge in [0, 0.05) is 28.7 Å². The summed E-state index contributed by atoms with van der Waals surface area (Å²) in [5, 5.41) is 4.26. The number of ketones is 1. The van der Waals surface area contributed by atoms with E-state index in [4.69, 9.17) is 23.2 Å². The number of anilines is 2. The van der Waals surface area contributed by atoms with E-state index < -0.39 is 11.4 Å². The fourth-order valence-corrected chi connectivity index (χ4v) is 3.96. The van der Waals surface area contributed by atoms with Crippen LogP contribution in [-0.4, -0.2) is 19.9 Å². The van der Waals surface area contributed by atoms with Crippen LogP contribution >= 0.6 is 23.2 Å². The Morgan fingerprint density at radius 2 is 1.76 bits per heavy atom. The molecule has 3 aromatic rings. The van der Waals surface area contributed by atoms with E-state index >= 15 is 0 Å². The number of halogens is 2. The molecule has 0 fully saturated rings. The van der Waals surface area contributed by atoms with Gasteiger partial charge in [-0.15, -0.1) is 0 Å². The van der Waals surface area contributed by atoms with Crippen molar-refractivity contribution in [1.82, 2.24) is 14.1 Å². The second kappa shape index (κ2) is 11.5. The summed E-state index contributed by atoms with van der Waals surface area (Å²) in [7, 11) is 0. The Kier molecular flexibility index (Phi) is 8.69. The van der Waals surface area contributed by atoms with Crippen LogP contribution in [0.25, 0.3) is 0 Å². The van der Waals surface area contributed by atoms with Gasteiger partial charge >= 0.3 is 11.4 Å². The molecule has 0 saturated heterocycles. The van der Waals surface area contributed by atoms with Gasteiger partial charge < -0.3 is 10.1 Å². The highest BCUT2D eigenvalue weighted by Crippen LogP contribution is 2.25. The van der Waals surface area contributed by atoms with Crippen LogP contribution in [0.2, 0.25) is 10.0 Å². The average molecular weight is 503 g/mol. The predicted octanol–water partition coefficient (Wildman–Crippen LogP) is 5.07. The Balaban J connectivity index is 2.00. The van der Waals surface area contributed by atoms with Crippen molar-refractivity contribution in [3.05, 3.63) is 84.6 Å². The Hall–Kier alpha value is -2.90. The van der Waals surface area contributed by atoms with Crippen LogP contribution < -0.4 is 16.7 Å². The molecule has 3 rings (SSSR count). The molecule has 1 aromatic heterocycles. The van der Waals surface area contributed by atoms with Crippen LogP contribution in [0.4, 0.5) is 11.6 Å². The number of nitrogens with one attached hydrogen (secondary N) is 1. The zero-order valence-electron chi connectivity index (χ0n) is 19.5. The maximum Gasteiger partial charge on any atom is 0.354 e. The third-order valence-electron chi connectivity index (χ3n) is 5.25. The zero-order valence-corrected chi connectivity index (χ0v) is 21.0. The molecule has 7 nitrogen and oxygen atoms in total. The van der Waals surface area contributed by atoms with E-state index in [1.165, 1.54) is 11.5 Å². The normalized spacial score (nSPS) is 11.1. The second-order valence-corrected chi connectivity index (χ2v) is 9.54. The van der Waals surface area contributed by atoms with Gasteiger partial charge in [-0.2, -0.15) is 4.98 Å². The maximum absolute atomic E-state index is 13.3. The van der Waals surface area contributed by atoms with E-state index in [1.54, 1.807) is 30.3 Å². The van der Waals surface area contributed by atoms with E-state index in [0.29, 0.717) is 28.1 Å². The molecule has 180 valence electrons. The largest absolute Gasteiger partial charge is 0.354 e. The van der Waals surface area contributed by atoms with Gasteiger partial charge in [-0.05, 0) is 61.1 Å². The Labute approximate surface area is 208 Å². The number of rotatable bonds is 10. The lowest BCUT2D eigenvalue weighted by Crippen LogP contribution is -2.42. The van der Waals surface area contributed by atoms with Gasteiger partial charge in [-0.3, -0.25) is 4.57 Å². The molecule has 1 N–H and O–H groups in total. The summed E-state index contributed by atoms with van der Waals surface area (Å²) < 4.78 is 2.46. The van der Waals surface area contributed by atoms with E-state index in [9.17, 15) is 14.4 Å². The van der Waals surface area contributed by atoms with Gasteiger partial charge in [0.25, 0.3) is 0 Å². The van der Waals surface area contributed by atoms with Crippen LogP contribution in [-0.2, 0) is 24.3 Å².